The molecule has 0 amide bonds. The van der Waals surface area contributed by atoms with E-state index in [2.05, 4.69) is 46.1 Å². The minimum absolute atomic E-state index is 0.649. The van der Waals surface area contributed by atoms with Gasteiger partial charge in [-0.05, 0) is 42.6 Å². The minimum Gasteiger partial charge on any atom is -0.377 e. The Kier molecular flexibility index (Phi) is 14.8. The van der Waals surface area contributed by atoms with Gasteiger partial charge in [0.15, 0.2) is 0 Å². The minimum atomic E-state index is -2.57. The highest BCUT2D eigenvalue weighted by molar-refractivity contribution is 6.81. The fourth-order valence-corrected chi connectivity index (χ4v) is 16.4. The molecule has 0 atom stereocenters. The summed E-state index contributed by atoms with van der Waals surface area (Å²) in [6, 6.07) is 1.64. The van der Waals surface area contributed by atoms with Crippen molar-refractivity contribution in [3.05, 3.63) is 0 Å². The Labute approximate surface area is 195 Å². The Morgan fingerprint density at radius 2 is 0.774 bits per heavy atom. The highest BCUT2D eigenvalue weighted by Crippen LogP contribution is 2.44. The van der Waals surface area contributed by atoms with Crippen LogP contribution in [0.15, 0.2) is 0 Å². The van der Waals surface area contributed by atoms with Crippen LogP contribution >= 0.6 is 0 Å². The molecular weight excluding hydrogens is 446 g/mol. The van der Waals surface area contributed by atoms with Crippen molar-refractivity contribution in [2.45, 2.75) is 83.1 Å². The summed E-state index contributed by atoms with van der Waals surface area (Å²) in [5, 5.41) is 0. The van der Waals surface area contributed by atoms with E-state index < -0.39 is 25.8 Å². The Hall–Kier alpha value is 0.371. The molecule has 0 bridgehead atoms. The Balaban J connectivity index is 5.70. The first-order valence-corrected chi connectivity index (χ1v) is 17.6. The van der Waals surface area contributed by atoms with E-state index in [9.17, 15) is 0 Å². The van der Waals surface area contributed by atoms with Gasteiger partial charge in [0.25, 0.3) is 0 Å². The normalized spacial score (nSPS) is 13.9. The number of nitrogens with zero attached hydrogens (tertiary/aromatic N) is 1. The molecule has 0 aromatic carbocycles. The predicted molar refractivity (Wildman–Crippen MR) is 135 cm³/mol. The van der Waals surface area contributed by atoms with Crippen LogP contribution in [-0.4, -0.2) is 86.2 Å². The van der Waals surface area contributed by atoms with Gasteiger partial charge in [0.05, 0.1) is 0 Å². The molecule has 0 N–H and O–H groups in total. The second kappa shape index (κ2) is 14.6. The summed E-state index contributed by atoms with van der Waals surface area (Å²) in [5.74, 6) is 0. The van der Waals surface area contributed by atoms with E-state index in [4.69, 9.17) is 26.6 Å². The molecule has 0 unspecified atom stereocenters. The van der Waals surface area contributed by atoms with E-state index in [0.717, 1.165) is 38.0 Å². The Morgan fingerprint density at radius 1 is 0.516 bits per heavy atom. The summed E-state index contributed by atoms with van der Waals surface area (Å²) in [5.41, 5.74) is 1.95. The van der Waals surface area contributed by atoms with E-state index in [0.29, 0.717) is 16.6 Å². The van der Waals surface area contributed by atoms with Crippen LogP contribution in [0.1, 0.15) is 54.4 Å². The first-order valence-electron chi connectivity index (χ1n) is 11.6. The average molecular weight is 498 g/mol. The van der Waals surface area contributed by atoms with Gasteiger partial charge in [-0.3, -0.25) is 0 Å². The summed E-state index contributed by atoms with van der Waals surface area (Å²) in [7, 11) is 3.22. The van der Waals surface area contributed by atoms with E-state index in [-0.39, 0.29) is 0 Å². The summed E-state index contributed by atoms with van der Waals surface area (Å²) in [6.07, 6.45) is 1.98. The SMILES string of the molecule is CO[Si](CCCN(CCC[Si](OC)(OC)OC)[Si](C(C)C)(C(C)C)C(C)C)(OC)OC. The van der Waals surface area contributed by atoms with Crippen LogP contribution in [0.3, 0.4) is 0 Å². The molecule has 0 aromatic heterocycles. The van der Waals surface area contributed by atoms with Crippen molar-refractivity contribution in [3.63, 3.8) is 0 Å². The molecule has 0 fully saturated rings. The molecule has 0 rings (SSSR count). The standard InChI is InChI=1S/C21H51NO6Si3/c1-19(2)31(20(3)4,21(5)6)22(15-13-17-29(23-7,24-8)25-9)16-14-18-30(26-10,27-11)28-12/h19-21H,13-18H2,1-12H3. The lowest BCUT2D eigenvalue weighted by Gasteiger charge is -2.51. The third-order valence-electron chi connectivity index (χ3n) is 7.01. The van der Waals surface area contributed by atoms with Crippen LogP contribution in [0.2, 0.25) is 28.7 Å². The lowest BCUT2D eigenvalue weighted by Crippen LogP contribution is -2.61. The summed E-state index contributed by atoms with van der Waals surface area (Å²) in [4.78, 5) is 0. The van der Waals surface area contributed by atoms with Crippen LogP contribution in [0, 0.1) is 0 Å². The van der Waals surface area contributed by atoms with Gasteiger partial charge in [0.2, 0.25) is 0 Å². The van der Waals surface area contributed by atoms with Gasteiger partial charge in [0, 0.05) is 54.7 Å². The molecule has 7 nitrogen and oxygen atoms in total. The molecule has 188 valence electrons. The highest BCUT2D eigenvalue weighted by Gasteiger charge is 2.48. The summed E-state index contributed by atoms with van der Waals surface area (Å²) < 4.78 is 36.8. The van der Waals surface area contributed by atoms with Gasteiger partial charge in [-0.1, -0.05) is 41.5 Å². The van der Waals surface area contributed by atoms with Gasteiger partial charge in [-0.2, -0.15) is 0 Å². The second-order valence-electron chi connectivity index (χ2n) is 9.14. The topological polar surface area (TPSA) is 58.6 Å². The number of hydrogen-bond donors (Lipinski definition) is 0. The molecule has 0 aliphatic rings. The third kappa shape index (κ3) is 7.69. The van der Waals surface area contributed by atoms with Crippen molar-refractivity contribution < 1.29 is 26.6 Å². The van der Waals surface area contributed by atoms with E-state index in [1.54, 1.807) is 42.7 Å². The van der Waals surface area contributed by atoms with Gasteiger partial charge in [0.1, 0.15) is 8.24 Å². The summed E-state index contributed by atoms with van der Waals surface area (Å²) in [6.45, 7) is 16.5. The molecular formula is C21H51NO6Si3. The van der Waals surface area contributed by atoms with Crippen molar-refractivity contribution >= 4 is 25.8 Å². The third-order valence-corrected chi connectivity index (χ3v) is 19.8. The van der Waals surface area contributed by atoms with Crippen molar-refractivity contribution in [1.82, 2.24) is 4.57 Å². The molecule has 0 spiro atoms. The molecule has 0 aliphatic carbocycles. The summed E-state index contributed by atoms with van der Waals surface area (Å²) >= 11 is 0. The van der Waals surface area contributed by atoms with Crippen LogP contribution in [-0.2, 0) is 26.6 Å². The van der Waals surface area contributed by atoms with Crippen molar-refractivity contribution in [2.75, 3.05) is 55.7 Å². The molecule has 0 radical (unpaired) electrons. The van der Waals surface area contributed by atoms with Crippen LogP contribution < -0.4 is 0 Å². The zero-order chi connectivity index (χ0) is 24.3. The maximum atomic E-state index is 5.66. The van der Waals surface area contributed by atoms with Crippen LogP contribution in [0.5, 0.6) is 0 Å². The van der Waals surface area contributed by atoms with Crippen molar-refractivity contribution in [2.24, 2.45) is 0 Å². The van der Waals surface area contributed by atoms with Crippen molar-refractivity contribution in [1.29, 1.82) is 0 Å². The van der Waals surface area contributed by atoms with Gasteiger partial charge >= 0.3 is 17.6 Å². The smallest absolute Gasteiger partial charge is 0.377 e. The highest BCUT2D eigenvalue weighted by atomic mass is 28.4. The molecule has 0 aromatic rings. The number of rotatable bonds is 18. The number of hydrogen-bond acceptors (Lipinski definition) is 7. The van der Waals surface area contributed by atoms with Crippen LogP contribution in [0.25, 0.3) is 0 Å². The fourth-order valence-electron chi connectivity index (χ4n) is 5.68. The Morgan fingerprint density at radius 3 is 0.968 bits per heavy atom. The monoisotopic (exact) mass is 497 g/mol. The fraction of sp³-hybridized carbons (Fsp3) is 1.00. The predicted octanol–water partition coefficient (Wildman–Crippen LogP) is 5.00. The van der Waals surface area contributed by atoms with E-state index >= 15 is 0 Å². The maximum absolute atomic E-state index is 5.66. The first kappa shape index (κ1) is 31.4. The average Bonchev–Trinajstić information content (AvgIpc) is 2.74. The van der Waals surface area contributed by atoms with Gasteiger partial charge in [-0.15, -0.1) is 0 Å². The molecule has 0 heterocycles. The second-order valence-corrected chi connectivity index (χ2v) is 21.2. The molecule has 0 aliphatic heterocycles. The molecule has 10 heteroatoms. The Bertz CT molecular complexity index is 410. The largest absolute Gasteiger partial charge is 0.500 e. The molecule has 0 saturated heterocycles. The molecule has 31 heavy (non-hydrogen) atoms. The first-order chi connectivity index (χ1) is 14.5. The van der Waals surface area contributed by atoms with Crippen molar-refractivity contribution in [3.8, 4) is 0 Å². The lowest BCUT2D eigenvalue weighted by atomic mass is 10.4. The zero-order valence-corrected chi connectivity index (χ0v) is 25.4. The maximum Gasteiger partial charge on any atom is 0.500 e. The molecule has 0 saturated carbocycles. The quantitative estimate of drug-likeness (QED) is 0.247. The van der Waals surface area contributed by atoms with Crippen LogP contribution in [0.4, 0.5) is 0 Å². The van der Waals surface area contributed by atoms with E-state index in [1.165, 1.54) is 0 Å². The van der Waals surface area contributed by atoms with E-state index in [1.807, 2.05) is 0 Å². The van der Waals surface area contributed by atoms with Gasteiger partial charge in [-0.25, -0.2) is 0 Å². The lowest BCUT2D eigenvalue weighted by molar-refractivity contribution is 0.121. The zero-order valence-electron chi connectivity index (χ0n) is 22.4. The van der Waals surface area contributed by atoms with Gasteiger partial charge < -0.3 is 31.1 Å².